The second kappa shape index (κ2) is 5.61. The van der Waals surface area contributed by atoms with Gasteiger partial charge in [0.15, 0.2) is 0 Å². The van der Waals surface area contributed by atoms with E-state index in [4.69, 9.17) is 5.11 Å². The van der Waals surface area contributed by atoms with Crippen molar-refractivity contribution < 1.29 is 18.3 Å². The van der Waals surface area contributed by atoms with Crippen LogP contribution in [0, 0.1) is 6.92 Å². The first-order valence-electron chi connectivity index (χ1n) is 5.00. The van der Waals surface area contributed by atoms with Gasteiger partial charge < -0.3 is 10.4 Å². The highest BCUT2D eigenvalue weighted by Crippen LogP contribution is 2.21. The number of rotatable bonds is 6. The molecule has 0 saturated carbocycles. The molecule has 1 rings (SSSR count). The van der Waals surface area contributed by atoms with Crippen molar-refractivity contribution in [2.45, 2.75) is 13.5 Å². The second-order valence-corrected chi connectivity index (χ2v) is 7.32. The lowest BCUT2D eigenvalue weighted by Gasteiger charge is -2.02. The Morgan fingerprint density at radius 3 is 2.65 bits per heavy atom. The van der Waals surface area contributed by atoms with Crippen molar-refractivity contribution >= 4 is 27.1 Å². The molecule has 2 N–H and O–H groups in total. The third-order valence-electron chi connectivity index (χ3n) is 2.20. The molecular formula is C10H15NO4S2. The number of aryl methyl sites for hydroxylation is 1. The van der Waals surface area contributed by atoms with Crippen LogP contribution in [0.4, 0.5) is 0 Å². The second-order valence-electron chi connectivity index (χ2n) is 3.80. The fourth-order valence-corrected chi connectivity index (χ4v) is 2.68. The average Bonchev–Trinajstić information content (AvgIpc) is 2.54. The van der Waals surface area contributed by atoms with Crippen molar-refractivity contribution in [1.29, 1.82) is 0 Å². The minimum Gasteiger partial charge on any atom is -0.477 e. The minimum absolute atomic E-state index is 0.0853. The van der Waals surface area contributed by atoms with E-state index in [2.05, 4.69) is 5.32 Å². The van der Waals surface area contributed by atoms with E-state index in [-0.39, 0.29) is 5.75 Å². The lowest BCUT2D eigenvalue weighted by molar-refractivity contribution is 0.0702. The average molecular weight is 277 g/mol. The quantitative estimate of drug-likeness (QED) is 0.754. The topological polar surface area (TPSA) is 83.5 Å². The summed E-state index contributed by atoms with van der Waals surface area (Å²) in [4.78, 5) is 12.0. The molecule has 96 valence electrons. The zero-order valence-electron chi connectivity index (χ0n) is 9.69. The Balaban J connectivity index is 2.50. The maximum absolute atomic E-state index is 10.9. The van der Waals surface area contributed by atoms with Gasteiger partial charge in [-0.15, -0.1) is 11.3 Å². The Labute approximate surface area is 104 Å². The molecule has 1 heterocycles. The van der Waals surface area contributed by atoms with Gasteiger partial charge in [-0.3, -0.25) is 0 Å². The van der Waals surface area contributed by atoms with Gasteiger partial charge >= 0.3 is 5.97 Å². The number of carbonyl (C=O) groups is 1. The molecule has 17 heavy (non-hydrogen) atoms. The van der Waals surface area contributed by atoms with E-state index in [9.17, 15) is 13.2 Å². The molecule has 0 fully saturated rings. The molecule has 0 radical (unpaired) electrons. The molecule has 0 aromatic carbocycles. The highest BCUT2D eigenvalue weighted by atomic mass is 32.2. The van der Waals surface area contributed by atoms with E-state index in [1.54, 1.807) is 6.07 Å². The first-order chi connectivity index (χ1) is 7.79. The van der Waals surface area contributed by atoms with E-state index in [0.29, 0.717) is 18.0 Å². The maximum Gasteiger partial charge on any atom is 0.345 e. The zero-order valence-corrected chi connectivity index (χ0v) is 11.3. The van der Waals surface area contributed by atoms with Crippen LogP contribution in [0.1, 0.15) is 20.1 Å². The van der Waals surface area contributed by atoms with Crippen LogP contribution >= 0.6 is 11.3 Å². The number of carboxylic acids is 1. The van der Waals surface area contributed by atoms with Crippen LogP contribution < -0.4 is 5.32 Å². The number of sulfone groups is 1. The first-order valence-corrected chi connectivity index (χ1v) is 7.88. The summed E-state index contributed by atoms with van der Waals surface area (Å²) in [6.45, 7) is 2.71. The van der Waals surface area contributed by atoms with Gasteiger partial charge in [-0.1, -0.05) is 0 Å². The molecule has 0 aliphatic rings. The van der Waals surface area contributed by atoms with E-state index < -0.39 is 15.8 Å². The van der Waals surface area contributed by atoms with E-state index in [1.807, 2.05) is 6.92 Å². The highest BCUT2D eigenvalue weighted by molar-refractivity contribution is 7.90. The molecule has 5 nitrogen and oxygen atoms in total. The third kappa shape index (κ3) is 4.84. The predicted octanol–water partition coefficient (Wildman–Crippen LogP) is 0.889. The van der Waals surface area contributed by atoms with E-state index in [0.717, 1.165) is 10.4 Å². The van der Waals surface area contributed by atoms with Gasteiger partial charge in [0.25, 0.3) is 0 Å². The Morgan fingerprint density at radius 1 is 1.53 bits per heavy atom. The number of carboxylic acid groups (broad SMARTS) is 1. The van der Waals surface area contributed by atoms with Crippen LogP contribution in [0.3, 0.4) is 0 Å². The molecule has 1 aromatic rings. The van der Waals surface area contributed by atoms with Crippen LogP contribution in [0.2, 0.25) is 0 Å². The Morgan fingerprint density at radius 2 is 2.18 bits per heavy atom. The summed E-state index contributed by atoms with van der Waals surface area (Å²) < 4.78 is 21.8. The fraction of sp³-hybridized carbons (Fsp3) is 0.500. The lowest BCUT2D eigenvalue weighted by atomic mass is 10.2. The highest BCUT2D eigenvalue weighted by Gasteiger charge is 2.10. The van der Waals surface area contributed by atoms with Gasteiger partial charge in [-0.25, -0.2) is 13.2 Å². The maximum atomic E-state index is 10.9. The van der Waals surface area contributed by atoms with Crippen LogP contribution in [-0.2, 0) is 16.4 Å². The van der Waals surface area contributed by atoms with Gasteiger partial charge in [0.2, 0.25) is 0 Å². The third-order valence-corrected chi connectivity index (χ3v) is 4.22. The number of aromatic carboxylic acids is 1. The first kappa shape index (κ1) is 14.1. The van der Waals surface area contributed by atoms with E-state index >= 15 is 0 Å². The zero-order chi connectivity index (χ0) is 13.1. The van der Waals surface area contributed by atoms with Crippen molar-refractivity contribution in [1.82, 2.24) is 5.32 Å². The number of hydrogen-bond acceptors (Lipinski definition) is 5. The lowest BCUT2D eigenvalue weighted by Crippen LogP contribution is -2.21. The number of nitrogens with one attached hydrogen (secondary N) is 1. The minimum atomic E-state index is -2.95. The van der Waals surface area contributed by atoms with Gasteiger partial charge in [0.05, 0.1) is 5.75 Å². The molecule has 0 amide bonds. The summed E-state index contributed by atoms with van der Waals surface area (Å²) in [7, 11) is -2.95. The van der Waals surface area contributed by atoms with Crippen LogP contribution in [-0.4, -0.2) is 38.0 Å². The molecule has 0 spiro atoms. The summed E-state index contributed by atoms with van der Waals surface area (Å²) in [5.74, 6) is -0.845. The molecular weight excluding hydrogens is 262 g/mol. The van der Waals surface area contributed by atoms with Gasteiger partial charge in [-0.05, 0) is 18.6 Å². The number of hydrogen-bond donors (Lipinski definition) is 2. The molecule has 7 heteroatoms. The van der Waals surface area contributed by atoms with Crippen LogP contribution in [0.25, 0.3) is 0 Å². The van der Waals surface area contributed by atoms with Crippen LogP contribution in [0.5, 0.6) is 0 Å². The predicted molar refractivity (Wildman–Crippen MR) is 67.4 cm³/mol. The Kier molecular flexibility index (Phi) is 4.67. The molecule has 0 aliphatic heterocycles. The smallest absolute Gasteiger partial charge is 0.345 e. The SMILES string of the molecule is Cc1sc(C(=O)O)cc1CNCCS(C)(=O)=O. The van der Waals surface area contributed by atoms with Crippen molar-refractivity contribution in [2.75, 3.05) is 18.6 Å². The Bertz CT molecular complexity index is 504. The summed E-state index contributed by atoms with van der Waals surface area (Å²) >= 11 is 1.23. The van der Waals surface area contributed by atoms with Crippen molar-refractivity contribution in [3.63, 3.8) is 0 Å². The number of thiophene rings is 1. The molecule has 0 saturated heterocycles. The summed E-state index contributed by atoms with van der Waals surface area (Å²) in [6.07, 6.45) is 1.19. The summed E-state index contributed by atoms with van der Waals surface area (Å²) in [5.41, 5.74) is 0.904. The van der Waals surface area contributed by atoms with Crippen molar-refractivity contribution in [2.24, 2.45) is 0 Å². The van der Waals surface area contributed by atoms with E-state index in [1.165, 1.54) is 17.6 Å². The standard InChI is InChI=1S/C10H15NO4S2/c1-7-8(5-9(16-7)10(12)13)6-11-3-4-17(2,14)15/h5,11H,3-4,6H2,1-2H3,(H,12,13). The Hall–Kier alpha value is -0.920. The van der Waals surface area contributed by atoms with Crippen LogP contribution in [0.15, 0.2) is 6.07 Å². The molecule has 1 aromatic heterocycles. The molecule has 0 unspecified atom stereocenters. The summed E-state index contributed by atoms with van der Waals surface area (Å²) in [5, 5.41) is 11.8. The summed E-state index contributed by atoms with van der Waals surface area (Å²) in [6, 6.07) is 1.62. The largest absolute Gasteiger partial charge is 0.477 e. The molecule has 0 aliphatic carbocycles. The van der Waals surface area contributed by atoms with Crippen molar-refractivity contribution in [3.05, 3.63) is 21.4 Å². The fourth-order valence-electron chi connectivity index (χ4n) is 1.28. The molecule has 0 atom stereocenters. The van der Waals surface area contributed by atoms with Gasteiger partial charge in [-0.2, -0.15) is 0 Å². The monoisotopic (exact) mass is 277 g/mol. The van der Waals surface area contributed by atoms with Crippen molar-refractivity contribution in [3.8, 4) is 0 Å². The van der Waals surface area contributed by atoms with Gasteiger partial charge in [0.1, 0.15) is 14.7 Å². The van der Waals surface area contributed by atoms with Gasteiger partial charge in [0, 0.05) is 24.2 Å². The normalized spacial score (nSPS) is 11.6. The molecule has 0 bridgehead atoms.